The van der Waals surface area contributed by atoms with Gasteiger partial charge in [-0.1, -0.05) is 12.1 Å². The highest BCUT2D eigenvalue weighted by Gasteiger charge is 2.54. The maximum absolute atomic E-state index is 13.6. The molecule has 2 aromatic carbocycles. The van der Waals surface area contributed by atoms with E-state index in [2.05, 4.69) is 4.74 Å². The second kappa shape index (κ2) is 8.30. The first-order valence-corrected chi connectivity index (χ1v) is 10.9. The molecule has 2 aromatic rings. The van der Waals surface area contributed by atoms with E-state index in [-0.39, 0.29) is 18.3 Å². The Hall–Kier alpha value is -3.07. The molecule has 0 bridgehead atoms. The maximum Gasteiger partial charge on any atom is 0.573 e. The number of alkyl halides is 3. The molecule has 0 aromatic heterocycles. The summed E-state index contributed by atoms with van der Waals surface area (Å²) < 4.78 is 73.5. The standard InChI is InChI=1S/C25H22F4O5/c1-31-23(30)19-6-8-24(21(19)14-2-4-17(26)5-3-14)12-16(13-33-24)20-11-18(34-25(27,28)29)10-15-7-9-32-22(15)20/h2-5,10-12,19,21H,6-9,13H2,1H3/t19-,21+,24+/m0/s1. The van der Waals surface area contributed by atoms with Crippen molar-refractivity contribution in [3.05, 3.63) is 65.0 Å². The average Bonchev–Trinajstić information content (AvgIpc) is 3.51. The van der Waals surface area contributed by atoms with Crippen molar-refractivity contribution < 1.29 is 41.3 Å². The van der Waals surface area contributed by atoms with E-state index in [1.165, 1.54) is 31.4 Å². The van der Waals surface area contributed by atoms with Crippen LogP contribution in [0.15, 0.2) is 42.5 Å². The summed E-state index contributed by atoms with van der Waals surface area (Å²) in [5.74, 6) is -1.54. The summed E-state index contributed by atoms with van der Waals surface area (Å²) in [5, 5.41) is 0. The zero-order valence-electron chi connectivity index (χ0n) is 18.3. The third-order valence-electron chi connectivity index (χ3n) is 6.76. The van der Waals surface area contributed by atoms with Crippen molar-refractivity contribution >= 4 is 11.5 Å². The van der Waals surface area contributed by atoms with Crippen LogP contribution < -0.4 is 9.47 Å². The molecule has 9 heteroatoms. The summed E-state index contributed by atoms with van der Waals surface area (Å²) in [6.07, 6.45) is -1.48. The van der Waals surface area contributed by atoms with Crippen molar-refractivity contribution in [3.8, 4) is 11.5 Å². The van der Waals surface area contributed by atoms with E-state index in [1.54, 1.807) is 12.1 Å². The van der Waals surface area contributed by atoms with Crippen LogP contribution in [0.1, 0.15) is 35.4 Å². The fourth-order valence-electron chi connectivity index (χ4n) is 5.41. The monoisotopic (exact) mass is 478 g/mol. The Morgan fingerprint density at radius 2 is 1.94 bits per heavy atom. The number of esters is 1. The number of carbonyl (C=O) groups is 1. The van der Waals surface area contributed by atoms with Crippen LogP contribution in [-0.4, -0.2) is 38.3 Å². The molecule has 1 fully saturated rings. The Labute approximate surface area is 193 Å². The Kier molecular flexibility index (Phi) is 5.55. The van der Waals surface area contributed by atoms with Crippen LogP contribution in [0.4, 0.5) is 17.6 Å². The number of hydrogen-bond donors (Lipinski definition) is 0. The molecule has 0 radical (unpaired) electrons. The number of methoxy groups -OCH3 is 1. The van der Waals surface area contributed by atoms with Crippen LogP contribution in [0, 0.1) is 11.7 Å². The van der Waals surface area contributed by atoms with Crippen molar-refractivity contribution in [1.29, 1.82) is 0 Å². The second-order valence-electron chi connectivity index (χ2n) is 8.72. The van der Waals surface area contributed by atoms with Crippen LogP contribution in [0.2, 0.25) is 0 Å². The zero-order valence-corrected chi connectivity index (χ0v) is 18.3. The van der Waals surface area contributed by atoms with Crippen LogP contribution >= 0.6 is 0 Å². The van der Waals surface area contributed by atoms with Gasteiger partial charge in [0, 0.05) is 23.5 Å². The quantitative estimate of drug-likeness (QED) is 0.448. The molecule has 5 nitrogen and oxygen atoms in total. The molecule has 1 aliphatic carbocycles. The number of halogens is 4. The number of hydrogen-bond acceptors (Lipinski definition) is 5. The van der Waals surface area contributed by atoms with Gasteiger partial charge in [-0.25, -0.2) is 4.39 Å². The van der Waals surface area contributed by atoms with Gasteiger partial charge < -0.3 is 18.9 Å². The molecule has 5 rings (SSSR count). The van der Waals surface area contributed by atoms with Crippen LogP contribution in [0.3, 0.4) is 0 Å². The van der Waals surface area contributed by atoms with Crippen molar-refractivity contribution in [2.24, 2.45) is 5.92 Å². The third kappa shape index (κ3) is 4.02. The minimum absolute atomic E-state index is 0.122. The molecule has 0 unspecified atom stereocenters. The largest absolute Gasteiger partial charge is 0.573 e. The van der Waals surface area contributed by atoms with E-state index in [1.807, 2.05) is 6.08 Å². The van der Waals surface area contributed by atoms with Crippen molar-refractivity contribution in [2.45, 2.75) is 37.1 Å². The molecule has 0 saturated heterocycles. The minimum Gasteiger partial charge on any atom is -0.492 e. The molecule has 2 heterocycles. The van der Waals surface area contributed by atoms with Gasteiger partial charge in [-0.3, -0.25) is 4.79 Å². The number of ether oxygens (including phenoxy) is 4. The molecule has 0 amide bonds. The van der Waals surface area contributed by atoms with Gasteiger partial charge >= 0.3 is 12.3 Å². The molecule has 3 atom stereocenters. The van der Waals surface area contributed by atoms with Crippen LogP contribution in [0.25, 0.3) is 5.57 Å². The van der Waals surface area contributed by atoms with Crippen molar-refractivity contribution in [2.75, 3.05) is 20.3 Å². The molecular weight excluding hydrogens is 456 g/mol. The molecular formula is C25H22F4O5. The SMILES string of the molecule is COC(=O)[C@H]1CC[C@@]2(C=C(c3cc(OC(F)(F)F)cc4c3OCC4)CO2)[C@@H]1c1ccc(F)cc1. The Balaban J connectivity index is 1.57. The molecule has 3 aliphatic rings. The van der Waals surface area contributed by atoms with E-state index in [0.717, 1.165) is 5.56 Å². The smallest absolute Gasteiger partial charge is 0.492 e. The van der Waals surface area contributed by atoms with Gasteiger partial charge in [0.05, 0.1) is 31.8 Å². The highest BCUT2D eigenvalue weighted by molar-refractivity contribution is 5.79. The summed E-state index contributed by atoms with van der Waals surface area (Å²) in [4.78, 5) is 12.6. The first-order valence-electron chi connectivity index (χ1n) is 10.9. The van der Waals surface area contributed by atoms with Gasteiger partial charge in [-0.15, -0.1) is 13.2 Å². The van der Waals surface area contributed by atoms with Gasteiger partial charge in [-0.2, -0.15) is 0 Å². The summed E-state index contributed by atoms with van der Waals surface area (Å²) in [5.41, 5.74) is 1.60. The predicted octanol–water partition coefficient (Wildman–Crippen LogP) is 5.18. The Morgan fingerprint density at radius 3 is 2.65 bits per heavy atom. The van der Waals surface area contributed by atoms with E-state index >= 15 is 0 Å². The molecule has 0 N–H and O–H groups in total. The van der Waals surface area contributed by atoms with Gasteiger partial charge in [0.25, 0.3) is 0 Å². The van der Waals surface area contributed by atoms with E-state index < -0.39 is 29.6 Å². The number of fused-ring (bicyclic) bond motifs is 1. The highest BCUT2D eigenvalue weighted by atomic mass is 19.4. The summed E-state index contributed by atoms with van der Waals surface area (Å²) in [6.45, 7) is 0.483. The summed E-state index contributed by atoms with van der Waals surface area (Å²) in [7, 11) is 1.32. The van der Waals surface area contributed by atoms with Crippen LogP contribution in [0.5, 0.6) is 11.5 Å². The van der Waals surface area contributed by atoms with Gasteiger partial charge in [-0.05, 0) is 54.3 Å². The van der Waals surface area contributed by atoms with Gasteiger partial charge in [0.1, 0.15) is 17.3 Å². The lowest BCUT2D eigenvalue weighted by molar-refractivity contribution is -0.274. The summed E-state index contributed by atoms with van der Waals surface area (Å²) in [6, 6.07) is 8.55. The predicted molar refractivity (Wildman–Crippen MR) is 113 cm³/mol. The van der Waals surface area contributed by atoms with Gasteiger partial charge in [0.2, 0.25) is 0 Å². The Bertz CT molecular complexity index is 1140. The topological polar surface area (TPSA) is 54.0 Å². The molecule has 1 spiro atoms. The first kappa shape index (κ1) is 22.7. The lowest BCUT2D eigenvalue weighted by atomic mass is 9.79. The number of benzene rings is 2. The number of carbonyl (C=O) groups excluding carboxylic acids is 1. The zero-order chi connectivity index (χ0) is 24.1. The van der Waals surface area contributed by atoms with Crippen molar-refractivity contribution in [1.82, 2.24) is 0 Å². The molecule has 34 heavy (non-hydrogen) atoms. The Morgan fingerprint density at radius 1 is 1.18 bits per heavy atom. The molecule has 1 saturated carbocycles. The first-order chi connectivity index (χ1) is 16.2. The van der Waals surface area contributed by atoms with E-state index in [9.17, 15) is 22.4 Å². The third-order valence-corrected chi connectivity index (χ3v) is 6.76. The van der Waals surface area contributed by atoms with E-state index in [4.69, 9.17) is 14.2 Å². The minimum atomic E-state index is -4.82. The van der Waals surface area contributed by atoms with Crippen molar-refractivity contribution in [3.63, 3.8) is 0 Å². The van der Waals surface area contributed by atoms with Crippen LogP contribution in [-0.2, 0) is 20.7 Å². The average molecular weight is 478 g/mol. The second-order valence-corrected chi connectivity index (χ2v) is 8.72. The van der Waals surface area contributed by atoms with E-state index in [0.29, 0.717) is 48.3 Å². The van der Waals surface area contributed by atoms with Gasteiger partial charge in [0.15, 0.2) is 0 Å². The molecule has 2 aliphatic heterocycles. The fourth-order valence-corrected chi connectivity index (χ4v) is 5.41. The number of rotatable bonds is 4. The maximum atomic E-state index is 13.6. The lowest BCUT2D eigenvalue weighted by Crippen LogP contribution is -2.34. The highest BCUT2D eigenvalue weighted by Crippen LogP contribution is 2.55. The lowest BCUT2D eigenvalue weighted by Gasteiger charge is -2.31. The summed E-state index contributed by atoms with van der Waals surface area (Å²) >= 11 is 0. The fraction of sp³-hybridized carbons (Fsp3) is 0.400. The normalized spacial score (nSPS) is 25.7. The molecule has 180 valence electrons.